The number of carbonyl (C=O) groups excluding carboxylic acids is 1. The Hall–Kier alpha value is -2.04. The van der Waals surface area contributed by atoms with Crippen LogP contribution in [0.4, 0.5) is 10.5 Å². The number of anilines is 1. The van der Waals surface area contributed by atoms with Crippen LogP contribution in [-0.4, -0.2) is 35.1 Å². The van der Waals surface area contributed by atoms with Crippen molar-refractivity contribution in [3.05, 3.63) is 29.3 Å². The van der Waals surface area contributed by atoms with E-state index in [1.54, 1.807) is 0 Å². The summed E-state index contributed by atoms with van der Waals surface area (Å²) in [5.41, 5.74) is 3.19. The van der Waals surface area contributed by atoms with Crippen LogP contribution in [0.15, 0.2) is 18.2 Å². The maximum absolute atomic E-state index is 11.7. The van der Waals surface area contributed by atoms with Crippen LogP contribution in [0.5, 0.6) is 0 Å². The average molecular weight is 274 g/mol. The minimum absolute atomic E-state index is 0.0536. The topological polar surface area (TPSA) is 69.6 Å². The molecule has 5 heteroatoms. The van der Waals surface area contributed by atoms with Gasteiger partial charge in [0.05, 0.1) is 5.92 Å². The molecular formula is C15H18N2O3. The summed E-state index contributed by atoms with van der Waals surface area (Å²) in [6, 6.07) is 6.13. The van der Waals surface area contributed by atoms with E-state index >= 15 is 0 Å². The van der Waals surface area contributed by atoms with Gasteiger partial charge in [-0.1, -0.05) is 12.1 Å². The van der Waals surface area contributed by atoms with Crippen molar-refractivity contribution in [1.82, 2.24) is 4.90 Å². The summed E-state index contributed by atoms with van der Waals surface area (Å²) in [7, 11) is 0. The standard InChI is InChI=1S/C15H18N2O3/c1-9-12-8-11(2-3-13(12)16-14(9)18)10-4-6-17(7-5-10)15(19)20/h2-3,8-10H,4-7H2,1H3,(H,16,18)(H,19,20). The van der Waals surface area contributed by atoms with E-state index in [1.165, 1.54) is 10.5 Å². The molecule has 2 aliphatic heterocycles. The van der Waals surface area contributed by atoms with Gasteiger partial charge in [-0.2, -0.15) is 0 Å². The van der Waals surface area contributed by atoms with Gasteiger partial charge in [0.1, 0.15) is 0 Å². The van der Waals surface area contributed by atoms with Gasteiger partial charge < -0.3 is 15.3 Å². The van der Waals surface area contributed by atoms with E-state index in [9.17, 15) is 9.59 Å². The van der Waals surface area contributed by atoms with Gasteiger partial charge in [-0.15, -0.1) is 0 Å². The smallest absolute Gasteiger partial charge is 0.407 e. The first-order valence-corrected chi connectivity index (χ1v) is 6.99. The van der Waals surface area contributed by atoms with Crippen LogP contribution in [0.25, 0.3) is 0 Å². The Morgan fingerprint density at radius 2 is 2.05 bits per heavy atom. The fraction of sp³-hybridized carbons (Fsp3) is 0.467. The summed E-state index contributed by atoms with van der Waals surface area (Å²) < 4.78 is 0. The highest BCUT2D eigenvalue weighted by Gasteiger charge is 2.29. The zero-order valence-electron chi connectivity index (χ0n) is 11.4. The van der Waals surface area contributed by atoms with Crippen molar-refractivity contribution in [3.8, 4) is 0 Å². The van der Waals surface area contributed by atoms with Crippen molar-refractivity contribution in [1.29, 1.82) is 0 Å². The Morgan fingerprint density at radius 3 is 2.70 bits per heavy atom. The summed E-state index contributed by atoms with van der Waals surface area (Å²) in [6.45, 7) is 3.09. The van der Waals surface area contributed by atoms with Crippen LogP contribution in [0.3, 0.4) is 0 Å². The number of likely N-dealkylation sites (tertiary alicyclic amines) is 1. The first kappa shape index (κ1) is 13.0. The molecule has 0 aliphatic carbocycles. The summed E-state index contributed by atoms with van der Waals surface area (Å²) >= 11 is 0. The third kappa shape index (κ3) is 2.13. The molecule has 3 rings (SSSR count). The number of hydrogen-bond donors (Lipinski definition) is 2. The highest BCUT2D eigenvalue weighted by Crippen LogP contribution is 2.36. The van der Waals surface area contributed by atoms with Crippen molar-refractivity contribution in [2.75, 3.05) is 18.4 Å². The third-order valence-electron chi connectivity index (χ3n) is 4.43. The van der Waals surface area contributed by atoms with Gasteiger partial charge >= 0.3 is 6.09 Å². The number of piperidine rings is 1. The number of nitrogens with zero attached hydrogens (tertiary/aromatic N) is 1. The maximum Gasteiger partial charge on any atom is 0.407 e. The fourth-order valence-corrected chi connectivity index (χ4v) is 3.09. The number of nitrogens with one attached hydrogen (secondary N) is 1. The molecule has 2 aliphatic rings. The summed E-state index contributed by atoms with van der Waals surface area (Å²) in [5.74, 6) is 0.348. The molecule has 2 heterocycles. The van der Waals surface area contributed by atoms with Crippen molar-refractivity contribution in [2.24, 2.45) is 0 Å². The van der Waals surface area contributed by atoms with Crippen LogP contribution >= 0.6 is 0 Å². The second kappa shape index (κ2) is 4.81. The van der Waals surface area contributed by atoms with Gasteiger partial charge in [0.15, 0.2) is 0 Å². The van der Waals surface area contributed by atoms with Crippen molar-refractivity contribution in [3.63, 3.8) is 0 Å². The molecule has 2 amide bonds. The summed E-state index contributed by atoms with van der Waals surface area (Å²) in [6.07, 6.45) is 0.864. The Labute approximate surface area is 117 Å². The van der Waals surface area contributed by atoms with E-state index in [4.69, 9.17) is 5.11 Å². The van der Waals surface area contributed by atoms with Gasteiger partial charge in [-0.25, -0.2) is 4.79 Å². The molecule has 1 unspecified atom stereocenters. The predicted octanol–water partition coefficient (Wildman–Crippen LogP) is 2.60. The lowest BCUT2D eigenvalue weighted by Crippen LogP contribution is -2.36. The number of benzene rings is 1. The SMILES string of the molecule is CC1C(=O)Nc2ccc(C3CCN(C(=O)O)CC3)cc21. The van der Waals surface area contributed by atoms with Crippen LogP contribution in [-0.2, 0) is 4.79 Å². The second-order valence-corrected chi connectivity index (χ2v) is 5.60. The Kier molecular flexibility index (Phi) is 3.12. The highest BCUT2D eigenvalue weighted by atomic mass is 16.4. The minimum Gasteiger partial charge on any atom is -0.465 e. The van der Waals surface area contributed by atoms with E-state index < -0.39 is 6.09 Å². The third-order valence-corrected chi connectivity index (χ3v) is 4.43. The molecule has 0 spiro atoms. The van der Waals surface area contributed by atoms with E-state index in [0.717, 1.165) is 24.1 Å². The van der Waals surface area contributed by atoms with Gasteiger partial charge in [0.25, 0.3) is 0 Å². The van der Waals surface area contributed by atoms with Gasteiger partial charge in [0, 0.05) is 18.8 Å². The lowest BCUT2D eigenvalue weighted by atomic mass is 9.87. The first-order valence-electron chi connectivity index (χ1n) is 6.99. The minimum atomic E-state index is -0.833. The van der Waals surface area contributed by atoms with Crippen LogP contribution in [0, 0.1) is 0 Å². The van der Waals surface area contributed by atoms with E-state index in [2.05, 4.69) is 17.4 Å². The largest absolute Gasteiger partial charge is 0.465 e. The number of fused-ring (bicyclic) bond motifs is 1. The van der Waals surface area contributed by atoms with Gasteiger partial charge in [0.2, 0.25) is 5.91 Å². The fourth-order valence-electron chi connectivity index (χ4n) is 3.09. The van der Waals surface area contributed by atoms with Crippen LogP contribution in [0.2, 0.25) is 0 Å². The van der Waals surface area contributed by atoms with E-state index in [0.29, 0.717) is 19.0 Å². The number of amides is 2. The first-order chi connectivity index (χ1) is 9.56. The Morgan fingerprint density at radius 1 is 1.35 bits per heavy atom. The molecule has 5 nitrogen and oxygen atoms in total. The second-order valence-electron chi connectivity index (χ2n) is 5.60. The monoisotopic (exact) mass is 274 g/mol. The molecule has 1 saturated heterocycles. The molecule has 0 saturated carbocycles. The maximum atomic E-state index is 11.7. The van der Waals surface area contributed by atoms with Gasteiger partial charge in [-0.05, 0) is 42.9 Å². The lowest BCUT2D eigenvalue weighted by molar-refractivity contribution is -0.116. The number of carbonyl (C=O) groups is 2. The number of rotatable bonds is 1. The Balaban J connectivity index is 1.77. The van der Waals surface area contributed by atoms with Crippen molar-refractivity contribution < 1.29 is 14.7 Å². The molecule has 20 heavy (non-hydrogen) atoms. The molecule has 0 radical (unpaired) electrons. The molecule has 2 N–H and O–H groups in total. The molecule has 1 fully saturated rings. The number of carboxylic acid groups (broad SMARTS) is 1. The number of hydrogen-bond acceptors (Lipinski definition) is 2. The zero-order chi connectivity index (χ0) is 14.3. The van der Waals surface area contributed by atoms with E-state index in [1.807, 2.05) is 13.0 Å². The molecule has 1 aromatic carbocycles. The zero-order valence-corrected chi connectivity index (χ0v) is 11.4. The van der Waals surface area contributed by atoms with Crippen LogP contribution < -0.4 is 5.32 Å². The predicted molar refractivity (Wildman–Crippen MR) is 75.1 cm³/mol. The van der Waals surface area contributed by atoms with Crippen LogP contribution in [0.1, 0.15) is 42.7 Å². The summed E-state index contributed by atoms with van der Waals surface area (Å²) in [5, 5.41) is 11.8. The van der Waals surface area contributed by atoms with Crippen molar-refractivity contribution >= 4 is 17.7 Å². The highest BCUT2D eigenvalue weighted by molar-refractivity contribution is 6.02. The molecule has 1 aromatic rings. The van der Waals surface area contributed by atoms with E-state index in [-0.39, 0.29) is 11.8 Å². The molecule has 0 bridgehead atoms. The molecule has 106 valence electrons. The van der Waals surface area contributed by atoms with Crippen molar-refractivity contribution in [2.45, 2.75) is 31.6 Å². The lowest BCUT2D eigenvalue weighted by Gasteiger charge is -2.30. The Bertz CT molecular complexity index is 562. The summed E-state index contributed by atoms with van der Waals surface area (Å²) in [4.78, 5) is 24.0. The quantitative estimate of drug-likeness (QED) is 0.827. The molecular weight excluding hydrogens is 256 g/mol. The molecule has 0 aromatic heterocycles. The molecule has 1 atom stereocenters. The average Bonchev–Trinajstić information content (AvgIpc) is 2.74. The normalized spacial score (nSPS) is 22.6. The van der Waals surface area contributed by atoms with Gasteiger partial charge in [-0.3, -0.25) is 4.79 Å².